The summed E-state index contributed by atoms with van der Waals surface area (Å²) in [6.45, 7) is 2.22. The number of nitrogens with one attached hydrogen (secondary N) is 1. The molecular formula is C40H45FN2O5. The van der Waals surface area contributed by atoms with Crippen molar-refractivity contribution < 1.29 is 24.0 Å². The molecule has 6 atom stereocenters. The van der Waals surface area contributed by atoms with Gasteiger partial charge in [0.25, 0.3) is 5.69 Å². The van der Waals surface area contributed by atoms with Crippen molar-refractivity contribution in [1.82, 2.24) is 0 Å². The van der Waals surface area contributed by atoms with Crippen LogP contribution in [-0.4, -0.2) is 27.3 Å². The summed E-state index contributed by atoms with van der Waals surface area (Å²) in [6, 6.07) is 9.01. The number of anilines is 1. The van der Waals surface area contributed by atoms with Gasteiger partial charge in [0.2, 0.25) is 5.91 Å². The lowest BCUT2D eigenvalue weighted by atomic mass is 9.49. The number of allylic oxidation sites excluding steroid dienone is 1. The number of hydrogen-bond donors (Lipinski definition) is 2. The molecule has 1 aliphatic heterocycles. The lowest BCUT2D eigenvalue weighted by Crippen LogP contribution is -2.53. The molecule has 0 aromatic heterocycles. The molecule has 48 heavy (non-hydrogen) atoms. The maximum absolute atomic E-state index is 13.8. The van der Waals surface area contributed by atoms with Gasteiger partial charge in [-0.1, -0.05) is 43.7 Å². The Morgan fingerprint density at radius 2 is 1.77 bits per heavy atom. The third kappa shape index (κ3) is 5.12. The second-order valence-corrected chi connectivity index (χ2v) is 15.2. The van der Waals surface area contributed by atoms with E-state index in [0.717, 1.165) is 94.4 Å². The van der Waals surface area contributed by atoms with Gasteiger partial charge in [0.05, 0.1) is 16.4 Å². The van der Waals surface area contributed by atoms with E-state index in [1.165, 1.54) is 30.5 Å². The molecule has 2 aromatic carbocycles. The number of carbonyl (C=O) groups is 2. The second kappa shape index (κ2) is 12.2. The third-order valence-corrected chi connectivity index (χ3v) is 13.4. The molecule has 0 unspecified atom stereocenters. The van der Waals surface area contributed by atoms with Crippen LogP contribution < -0.4 is 5.32 Å². The number of ketones is 1. The third-order valence-electron chi connectivity index (χ3n) is 13.4. The molecule has 7 nitrogen and oxygen atoms in total. The van der Waals surface area contributed by atoms with Crippen LogP contribution in [0.2, 0.25) is 0 Å². The van der Waals surface area contributed by atoms with Crippen LogP contribution in [0.3, 0.4) is 0 Å². The number of nitro benzene ring substituents is 1. The van der Waals surface area contributed by atoms with Crippen molar-refractivity contribution in [1.29, 1.82) is 0 Å². The van der Waals surface area contributed by atoms with Gasteiger partial charge in [-0.3, -0.25) is 19.7 Å². The number of benzene rings is 2. The summed E-state index contributed by atoms with van der Waals surface area (Å²) in [5.41, 5.74) is 2.53. The minimum absolute atomic E-state index is 0.0320. The molecule has 6 aliphatic rings. The Labute approximate surface area is 281 Å². The highest BCUT2D eigenvalue weighted by Crippen LogP contribution is 2.66. The lowest BCUT2D eigenvalue weighted by molar-refractivity contribution is -0.385. The number of hydrogen-bond acceptors (Lipinski definition) is 5. The smallest absolute Gasteiger partial charge is 0.272 e. The van der Waals surface area contributed by atoms with Crippen LogP contribution in [0.5, 0.6) is 0 Å². The fraction of sp³-hybridized carbons (Fsp3) is 0.550. The van der Waals surface area contributed by atoms with Crippen molar-refractivity contribution in [2.24, 2.45) is 29.1 Å². The molecule has 0 bridgehead atoms. The Bertz CT molecular complexity index is 1740. The molecular weight excluding hydrogens is 607 g/mol. The van der Waals surface area contributed by atoms with Crippen molar-refractivity contribution in [2.45, 2.75) is 108 Å². The Balaban J connectivity index is 0.000000152. The summed E-state index contributed by atoms with van der Waals surface area (Å²) < 4.78 is 13.8. The van der Waals surface area contributed by atoms with Gasteiger partial charge in [-0.15, -0.1) is 6.42 Å². The lowest BCUT2D eigenvalue weighted by Gasteiger charge is -2.55. The van der Waals surface area contributed by atoms with Gasteiger partial charge < -0.3 is 10.4 Å². The number of non-ortho nitro benzene ring substituents is 1. The average molecular weight is 653 g/mol. The molecule has 4 fully saturated rings. The number of rotatable bonds is 3. The number of aliphatic hydroxyl groups is 1. The summed E-state index contributed by atoms with van der Waals surface area (Å²) >= 11 is 0. The zero-order valence-corrected chi connectivity index (χ0v) is 27.7. The number of nitro groups is 1. The highest BCUT2D eigenvalue weighted by Gasteiger charge is 2.63. The zero-order chi connectivity index (χ0) is 33.8. The Morgan fingerprint density at radius 1 is 0.979 bits per heavy atom. The highest BCUT2D eigenvalue weighted by atomic mass is 19.1. The minimum Gasteiger partial charge on any atom is -0.377 e. The minimum atomic E-state index is -0.893. The van der Waals surface area contributed by atoms with Gasteiger partial charge >= 0.3 is 0 Å². The van der Waals surface area contributed by atoms with Crippen LogP contribution >= 0.6 is 0 Å². The molecule has 8 rings (SSSR count). The van der Waals surface area contributed by atoms with Crippen molar-refractivity contribution in [3.05, 3.63) is 69.5 Å². The molecule has 1 amide bonds. The van der Waals surface area contributed by atoms with E-state index in [2.05, 4.69) is 18.2 Å². The van der Waals surface area contributed by atoms with Gasteiger partial charge in [-0.2, -0.15) is 0 Å². The van der Waals surface area contributed by atoms with Gasteiger partial charge in [0.1, 0.15) is 11.4 Å². The number of amides is 1. The predicted molar refractivity (Wildman–Crippen MR) is 182 cm³/mol. The molecule has 0 radical (unpaired) electrons. The van der Waals surface area contributed by atoms with E-state index in [0.29, 0.717) is 40.6 Å². The van der Waals surface area contributed by atoms with E-state index in [4.69, 9.17) is 6.42 Å². The van der Waals surface area contributed by atoms with Gasteiger partial charge in [0, 0.05) is 23.6 Å². The number of halogens is 1. The van der Waals surface area contributed by atoms with Crippen LogP contribution in [0.15, 0.2) is 48.0 Å². The summed E-state index contributed by atoms with van der Waals surface area (Å²) in [5, 5.41) is 25.1. The van der Waals surface area contributed by atoms with E-state index in [9.17, 15) is 29.2 Å². The molecule has 4 saturated carbocycles. The standard InChI is InChI=1S/C21H28O2.C19H17FN2O3/c1-3-20-11-9-17-16-8-6-15(22)13-14(16)5-7-18(17)19(20)10-12-21(20,23)4-2;20-14-8-13(9-15(11-14)22(24)25)12-4-5-17-16(10-12)19(18(23)21-17)6-2-1-3-7-19/h2,13,16-19,23H,3,5-12H2,1H3;4-5,8-11H,1-3,6-7H2,(H,21,23)/t16-,17+,18+,19-,20-,21-;/m0./s1. The van der Waals surface area contributed by atoms with Gasteiger partial charge in [-0.25, -0.2) is 4.39 Å². The van der Waals surface area contributed by atoms with Crippen molar-refractivity contribution in [3.8, 4) is 23.5 Å². The maximum atomic E-state index is 13.8. The highest BCUT2D eigenvalue weighted by molar-refractivity contribution is 6.06. The number of carbonyl (C=O) groups excluding carboxylic acids is 2. The fourth-order valence-corrected chi connectivity index (χ4v) is 11.1. The summed E-state index contributed by atoms with van der Waals surface area (Å²) in [6.07, 6.45) is 21.6. The van der Waals surface area contributed by atoms with Crippen LogP contribution in [0.25, 0.3) is 11.1 Å². The van der Waals surface area contributed by atoms with Crippen molar-refractivity contribution in [3.63, 3.8) is 0 Å². The first kappa shape index (κ1) is 32.7. The maximum Gasteiger partial charge on any atom is 0.272 e. The van der Waals surface area contributed by atoms with E-state index in [1.807, 2.05) is 18.2 Å². The van der Waals surface area contributed by atoms with E-state index in [-0.39, 0.29) is 17.0 Å². The van der Waals surface area contributed by atoms with E-state index in [1.54, 1.807) is 6.07 Å². The molecule has 8 heteroatoms. The van der Waals surface area contributed by atoms with Crippen LogP contribution in [0.1, 0.15) is 102 Å². The molecule has 2 aromatic rings. The molecule has 1 spiro atoms. The topological polar surface area (TPSA) is 110 Å². The molecule has 0 saturated heterocycles. The quantitative estimate of drug-likeness (QED) is 0.197. The van der Waals surface area contributed by atoms with Crippen LogP contribution in [0, 0.1) is 57.4 Å². The fourth-order valence-electron chi connectivity index (χ4n) is 11.1. The van der Waals surface area contributed by atoms with Crippen molar-refractivity contribution >= 4 is 23.1 Å². The first-order chi connectivity index (χ1) is 23.0. The number of fused-ring (bicyclic) bond motifs is 7. The SMILES string of the molecule is C#C[C@]1(O)CC[C@H]2[C@@H]3CCC4=CC(=O)CC[C@@H]4[C@H]3CC[C@@]21CC.O=C1Nc2ccc(-c3cc(F)cc([N+](=O)[O-])c3)cc2C12CCCCC2. The molecule has 5 aliphatic carbocycles. The summed E-state index contributed by atoms with van der Waals surface area (Å²) in [7, 11) is 0. The molecule has 252 valence electrons. The largest absolute Gasteiger partial charge is 0.377 e. The number of nitrogens with zero attached hydrogens (tertiary/aromatic N) is 1. The normalized spacial score (nSPS) is 32.8. The van der Waals surface area contributed by atoms with Crippen LogP contribution in [-0.2, 0) is 15.0 Å². The first-order valence-electron chi connectivity index (χ1n) is 17.9. The van der Waals surface area contributed by atoms with Gasteiger partial charge in [-0.05, 0) is 129 Å². The monoisotopic (exact) mass is 652 g/mol. The first-order valence-corrected chi connectivity index (χ1v) is 17.9. The molecule has 2 N–H and O–H groups in total. The van der Waals surface area contributed by atoms with E-state index < -0.39 is 21.8 Å². The molecule has 1 heterocycles. The average Bonchev–Trinajstić information content (AvgIpc) is 3.54. The Morgan fingerprint density at radius 3 is 2.50 bits per heavy atom. The number of terminal acetylenes is 1. The second-order valence-electron chi connectivity index (χ2n) is 15.2. The zero-order valence-electron chi connectivity index (χ0n) is 27.7. The van der Waals surface area contributed by atoms with E-state index >= 15 is 0 Å². The predicted octanol–water partition coefficient (Wildman–Crippen LogP) is 8.44. The van der Waals surface area contributed by atoms with Gasteiger partial charge in [0.15, 0.2) is 5.78 Å². The van der Waals surface area contributed by atoms with Crippen LogP contribution in [0.4, 0.5) is 15.8 Å². The summed E-state index contributed by atoms with van der Waals surface area (Å²) in [5.74, 6) is 5.12. The Hall–Kier alpha value is -3.83. The Kier molecular flexibility index (Phi) is 8.35. The van der Waals surface area contributed by atoms with Crippen molar-refractivity contribution in [2.75, 3.05) is 5.32 Å². The summed E-state index contributed by atoms with van der Waals surface area (Å²) in [4.78, 5) is 34.7.